The van der Waals surface area contributed by atoms with Gasteiger partial charge in [-0.15, -0.1) is 0 Å². The second kappa shape index (κ2) is 3.85. The van der Waals surface area contributed by atoms with Crippen LogP contribution in [0.2, 0.25) is 0 Å². The highest BCUT2D eigenvalue weighted by Crippen LogP contribution is 2.13. The van der Waals surface area contributed by atoms with Crippen LogP contribution in [0.15, 0.2) is 24.3 Å². The minimum absolute atomic E-state index is 0.0527. The summed E-state index contributed by atoms with van der Waals surface area (Å²) in [6.07, 6.45) is 0.761. The van der Waals surface area contributed by atoms with Gasteiger partial charge in [-0.1, -0.05) is 12.1 Å². The Kier molecular flexibility index (Phi) is 2.80. The first kappa shape index (κ1) is 9.45. The number of aldehydes is 1. The Balaban J connectivity index is 3.01. The van der Waals surface area contributed by atoms with E-state index in [2.05, 4.69) is 0 Å². The van der Waals surface area contributed by atoms with Crippen LogP contribution in [0.1, 0.15) is 17.3 Å². The summed E-state index contributed by atoms with van der Waals surface area (Å²) in [6.45, 7) is 1.48. The Hall–Kier alpha value is -1.64. The van der Waals surface area contributed by atoms with Gasteiger partial charge in [0.2, 0.25) is 5.91 Å². The molecule has 0 spiro atoms. The zero-order chi connectivity index (χ0) is 9.84. The molecule has 1 aromatic carbocycles. The van der Waals surface area contributed by atoms with Crippen molar-refractivity contribution in [1.82, 2.24) is 0 Å². The van der Waals surface area contributed by atoms with Crippen LogP contribution in [0.3, 0.4) is 0 Å². The molecule has 0 saturated carbocycles. The van der Waals surface area contributed by atoms with E-state index >= 15 is 0 Å². The van der Waals surface area contributed by atoms with Crippen molar-refractivity contribution in [1.29, 1.82) is 0 Å². The van der Waals surface area contributed by atoms with Gasteiger partial charge in [-0.05, 0) is 12.1 Å². The van der Waals surface area contributed by atoms with Gasteiger partial charge in [0.25, 0.3) is 0 Å². The summed E-state index contributed by atoms with van der Waals surface area (Å²) in [5.41, 5.74) is 1.31. The van der Waals surface area contributed by atoms with Crippen molar-refractivity contribution in [3.63, 3.8) is 0 Å². The summed E-state index contributed by atoms with van der Waals surface area (Å²) in [6, 6.07) is 6.91. The number of carbonyl (C=O) groups excluding carboxylic acids is 2. The van der Waals surface area contributed by atoms with Crippen molar-refractivity contribution < 1.29 is 9.59 Å². The summed E-state index contributed by atoms with van der Waals surface area (Å²) in [5, 5.41) is 0. The first-order valence-electron chi connectivity index (χ1n) is 3.94. The summed E-state index contributed by atoms with van der Waals surface area (Å²) in [5.74, 6) is -0.0527. The minimum atomic E-state index is -0.0527. The van der Waals surface area contributed by atoms with Gasteiger partial charge >= 0.3 is 0 Å². The molecule has 0 aliphatic heterocycles. The van der Waals surface area contributed by atoms with Crippen LogP contribution >= 0.6 is 0 Å². The van der Waals surface area contributed by atoms with E-state index in [0.29, 0.717) is 5.56 Å². The zero-order valence-corrected chi connectivity index (χ0v) is 7.65. The van der Waals surface area contributed by atoms with Crippen LogP contribution in [0.5, 0.6) is 0 Å². The third kappa shape index (κ3) is 2.15. The lowest BCUT2D eigenvalue weighted by molar-refractivity contribution is -0.116. The molecule has 1 rings (SSSR count). The van der Waals surface area contributed by atoms with Crippen molar-refractivity contribution in [2.75, 3.05) is 11.9 Å². The number of hydrogen-bond acceptors (Lipinski definition) is 2. The normalized spacial score (nSPS) is 9.38. The average Bonchev–Trinajstić information content (AvgIpc) is 2.16. The van der Waals surface area contributed by atoms with Crippen molar-refractivity contribution in [3.8, 4) is 0 Å². The summed E-state index contributed by atoms with van der Waals surface area (Å²) in [7, 11) is 1.67. The van der Waals surface area contributed by atoms with Gasteiger partial charge in [-0.3, -0.25) is 9.59 Å². The lowest BCUT2D eigenvalue weighted by Crippen LogP contribution is -2.22. The summed E-state index contributed by atoms with van der Waals surface area (Å²) >= 11 is 0. The molecule has 1 aromatic rings. The number of hydrogen-bond donors (Lipinski definition) is 0. The van der Waals surface area contributed by atoms with Gasteiger partial charge in [-0.25, -0.2) is 0 Å². The summed E-state index contributed by atoms with van der Waals surface area (Å²) in [4.78, 5) is 22.9. The van der Waals surface area contributed by atoms with Crippen molar-refractivity contribution in [2.24, 2.45) is 0 Å². The molecule has 0 aromatic heterocycles. The predicted molar refractivity (Wildman–Crippen MR) is 50.9 cm³/mol. The van der Waals surface area contributed by atoms with Crippen LogP contribution in [-0.2, 0) is 4.79 Å². The molecule has 0 atom stereocenters. The van der Waals surface area contributed by atoms with Gasteiger partial charge < -0.3 is 4.90 Å². The molecule has 0 radical (unpaired) electrons. The lowest BCUT2D eigenvalue weighted by Gasteiger charge is -2.14. The van der Waals surface area contributed by atoms with Gasteiger partial charge in [0, 0.05) is 25.2 Å². The monoisotopic (exact) mass is 177 g/mol. The molecular weight excluding hydrogens is 166 g/mol. The standard InChI is InChI=1S/C10H11NO2/c1-8(13)11(2)10-5-3-4-9(6-10)7-12/h3-7H,1-2H3. The molecule has 0 heterocycles. The third-order valence-electron chi connectivity index (χ3n) is 1.87. The largest absolute Gasteiger partial charge is 0.316 e. The number of benzene rings is 1. The van der Waals surface area contributed by atoms with E-state index in [0.717, 1.165) is 12.0 Å². The van der Waals surface area contributed by atoms with E-state index < -0.39 is 0 Å². The molecule has 0 saturated heterocycles. The van der Waals surface area contributed by atoms with Crippen LogP contribution < -0.4 is 4.90 Å². The van der Waals surface area contributed by atoms with E-state index in [9.17, 15) is 9.59 Å². The summed E-state index contributed by atoms with van der Waals surface area (Å²) < 4.78 is 0. The fourth-order valence-corrected chi connectivity index (χ4v) is 0.989. The Bertz CT molecular complexity index is 333. The first-order valence-corrected chi connectivity index (χ1v) is 3.94. The second-order valence-corrected chi connectivity index (χ2v) is 2.79. The fourth-order valence-electron chi connectivity index (χ4n) is 0.989. The molecule has 3 nitrogen and oxygen atoms in total. The maximum Gasteiger partial charge on any atom is 0.223 e. The molecule has 0 aliphatic rings. The van der Waals surface area contributed by atoms with Crippen LogP contribution in [0.4, 0.5) is 5.69 Å². The molecule has 68 valence electrons. The highest BCUT2D eigenvalue weighted by Gasteiger charge is 2.04. The van der Waals surface area contributed by atoms with E-state index in [-0.39, 0.29) is 5.91 Å². The minimum Gasteiger partial charge on any atom is -0.316 e. The van der Waals surface area contributed by atoms with Crippen LogP contribution in [-0.4, -0.2) is 19.2 Å². The second-order valence-electron chi connectivity index (χ2n) is 2.79. The van der Waals surface area contributed by atoms with E-state index in [1.165, 1.54) is 11.8 Å². The smallest absolute Gasteiger partial charge is 0.223 e. The molecule has 13 heavy (non-hydrogen) atoms. The molecule has 0 N–H and O–H groups in total. The number of nitrogens with zero attached hydrogens (tertiary/aromatic N) is 1. The number of rotatable bonds is 2. The maximum atomic E-state index is 11.0. The Morgan fingerprint density at radius 2 is 2.15 bits per heavy atom. The zero-order valence-electron chi connectivity index (χ0n) is 7.65. The molecule has 3 heteroatoms. The fraction of sp³-hybridized carbons (Fsp3) is 0.200. The van der Waals surface area contributed by atoms with Gasteiger partial charge in [0.1, 0.15) is 6.29 Å². The molecule has 0 fully saturated rings. The first-order chi connectivity index (χ1) is 6.15. The molecule has 0 bridgehead atoms. The van der Waals surface area contributed by atoms with Crippen molar-refractivity contribution in [2.45, 2.75) is 6.92 Å². The molecule has 0 unspecified atom stereocenters. The number of anilines is 1. The van der Waals surface area contributed by atoms with Crippen molar-refractivity contribution in [3.05, 3.63) is 29.8 Å². The topological polar surface area (TPSA) is 37.4 Å². The Morgan fingerprint density at radius 1 is 1.46 bits per heavy atom. The van der Waals surface area contributed by atoms with Gasteiger partial charge in [0.05, 0.1) is 0 Å². The van der Waals surface area contributed by atoms with Crippen molar-refractivity contribution >= 4 is 17.9 Å². The Morgan fingerprint density at radius 3 is 2.69 bits per heavy atom. The molecular formula is C10H11NO2. The SMILES string of the molecule is CC(=O)N(C)c1cccc(C=O)c1. The lowest BCUT2D eigenvalue weighted by atomic mass is 10.2. The Labute approximate surface area is 77.0 Å². The number of amides is 1. The molecule has 0 aliphatic carbocycles. The quantitative estimate of drug-likeness (QED) is 0.642. The van der Waals surface area contributed by atoms with E-state index in [1.807, 2.05) is 0 Å². The average molecular weight is 177 g/mol. The third-order valence-corrected chi connectivity index (χ3v) is 1.87. The van der Waals surface area contributed by atoms with Gasteiger partial charge in [-0.2, -0.15) is 0 Å². The van der Waals surface area contributed by atoms with Gasteiger partial charge in [0.15, 0.2) is 0 Å². The van der Waals surface area contributed by atoms with E-state index in [1.54, 1.807) is 31.3 Å². The molecule has 1 amide bonds. The number of carbonyl (C=O) groups is 2. The highest BCUT2D eigenvalue weighted by molar-refractivity contribution is 5.91. The van der Waals surface area contributed by atoms with Crippen LogP contribution in [0.25, 0.3) is 0 Å². The highest BCUT2D eigenvalue weighted by atomic mass is 16.2. The predicted octanol–water partition coefficient (Wildman–Crippen LogP) is 1.48. The van der Waals surface area contributed by atoms with Crippen LogP contribution in [0, 0.1) is 0 Å². The maximum absolute atomic E-state index is 11.0. The van der Waals surface area contributed by atoms with E-state index in [4.69, 9.17) is 0 Å².